The van der Waals surface area contributed by atoms with E-state index in [-0.39, 0.29) is 0 Å². The number of para-hydroxylation sites is 1. The molecular weight excluding hydrogens is 278 g/mol. The molecule has 0 aliphatic rings. The number of aromatic nitrogens is 1. The Balaban J connectivity index is 1.68. The summed E-state index contributed by atoms with van der Waals surface area (Å²) >= 11 is 0. The van der Waals surface area contributed by atoms with Crippen LogP contribution in [0, 0.1) is 11.8 Å². The Morgan fingerprint density at radius 1 is 0.826 bits per heavy atom. The zero-order valence-corrected chi connectivity index (χ0v) is 14.5. The molecule has 3 aromatic rings. The van der Waals surface area contributed by atoms with Crippen LogP contribution in [-0.2, 0) is 19.3 Å². The summed E-state index contributed by atoms with van der Waals surface area (Å²) in [7, 11) is 0. The summed E-state index contributed by atoms with van der Waals surface area (Å²) in [6.07, 6.45) is 5.62. The second-order valence-corrected chi connectivity index (χ2v) is 7.29. The van der Waals surface area contributed by atoms with Gasteiger partial charge in [-0.1, -0.05) is 63.2 Å². The first-order valence-electron chi connectivity index (χ1n) is 8.74. The Hall–Kier alpha value is -2.02. The van der Waals surface area contributed by atoms with Gasteiger partial charge in [0.1, 0.15) is 0 Å². The minimum atomic E-state index is 0.642. The van der Waals surface area contributed by atoms with E-state index in [1.54, 1.807) is 0 Å². The van der Waals surface area contributed by atoms with Gasteiger partial charge in [-0.05, 0) is 53.9 Å². The van der Waals surface area contributed by atoms with Gasteiger partial charge in [-0.25, -0.2) is 0 Å². The molecule has 2 aromatic carbocycles. The van der Waals surface area contributed by atoms with Gasteiger partial charge in [-0.3, -0.25) is 0 Å². The van der Waals surface area contributed by atoms with Crippen molar-refractivity contribution in [3.05, 3.63) is 71.4 Å². The third-order valence-corrected chi connectivity index (χ3v) is 4.46. The zero-order chi connectivity index (χ0) is 16.2. The van der Waals surface area contributed by atoms with Gasteiger partial charge in [0.2, 0.25) is 0 Å². The van der Waals surface area contributed by atoms with Crippen molar-refractivity contribution in [1.29, 1.82) is 0 Å². The monoisotopic (exact) mass is 305 g/mol. The number of hydrogen-bond donors (Lipinski definition) is 1. The van der Waals surface area contributed by atoms with Gasteiger partial charge >= 0.3 is 0 Å². The van der Waals surface area contributed by atoms with Crippen LogP contribution >= 0.6 is 0 Å². The average Bonchev–Trinajstić information content (AvgIpc) is 2.90. The van der Waals surface area contributed by atoms with Crippen LogP contribution in [0.4, 0.5) is 0 Å². The summed E-state index contributed by atoms with van der Waals surface area (Å²) in [5.41, 5.74) is 5.62. The number of benzene rings is 2. The highest BCUT2D eigenvalue weighted by molar-refractivity contribution is 5.83. The van der Waals surface area contributed by atoms with E-state index in [1.165, 1.54) is 34.0 Å². The summed E-state index contributed by atoms with van der Waals surface area (Å²) < 4.78 is 0. The molecule has 23 heavy (non-hydrogen) atoms. The van der Waals surface area contributed by atoms with Crippen LogP contribution in [0.25, 0.3) is 10.9 Å². The van der Waals surface area contributed by atoms with Crippen molar-refractivity contribution < 1.29 is 0 Å². The topological polar surface area (TPSA) is 15.8 Å². The molecular formula is C22H27N. The third kappa shape index (κ3) is 4.04. The van der Waals surface area contributed by atoms with Crippen LogP contribution in [0.5, 0.6) is 0 Å². The first-order valence-corrected chi connectivity index (χ1v) is 8.74. The van der Waals surface area contributed by atoms with Gasteiger partial charge in [0, 0.05) is 17.1 Å². The van der Waals surface area contributed by atoms with Gasteiger partial charge in [-0.15, -0.1) is 0 Å². The second kappa shape index (κ2) is 7.04. The smallest absolute Gasteiger partial charge is 0.0456 e. The SMILES string of the molecule is CC(C)Cc1cccc(CC(C)Cc2c[nH]c3ccccc23)c1. The van der Waals surface area contributed by atoms with Crippen molar-refractivity contribution in [3.8, 4) is 0 Å². The number of fused-ring (bicyclic) bond motifs is 1. The fourth-order valence-electron chi connectivity index (χ4n) is 3.51. The van der Waals surface area contributed by atoms with E-state index in [9.17, 15) is 0 Å². The quantitative estimate of drug-likeness (QED) is 0.593. The Morgan fingerprint density at radius 2 is 1.57 bits per heavy atom. The lowest BCUT2D eigenvalue weighted by molar-refractivity contribution is 0.578. The first kappa shape index (κ1) is 15.9. The van der Waals surface area contributed by atoms with Crippen LogP contribution in [0.3, 0.4) is 0 Å². The van der Waals surface area contributed by atoms with Gasteiger partial charge in [-0.2, -0.15) is 0 Å². The lowest BCUT2D eigenvalue weighted by atomic mass is 9.92. The van der Waals surface area contributed by atoms with Gasteiger partial charge in [0.05, 0.1) is 0 Å². The van der Waals surface area contributed by atoms with Gasteiger partial charge in [0.15, 0.2) is 0 Å². The van der Waals surface area contributed by atoms with E-state index < -0.39 is 0 Å². The minimum Gasteiger partial charge on any atom is -0.361 e. The Morgan fingerprint density at radius 3 is 2.35 bits per heavy atom. The first-order chi connectivity index (χ1) is 11.1. The molecule has 0 aliphatic heterocycles. The van der Waals surface area contributed by atoms with Crippen LogP contribution in [0.1, 0.15) is 37.5 Å². The van der Waals surface area contributed by atoms with Crippen LogP contribution in [0.15, 0.2) is 54.7 Å². The minimum absolute atomic E-state index is 0.642. The van der Waals surface area contributed by atoms with Crippen LogP contribution < -0.4 is 0 Å². The number of nitrogens with one attached hydrogen (secondary N) is 1. The van der Waals surface area contributed by atoms with E-state index in [4.69, 9.17) is 0 Å². The molecule has 120 valence electrons. The molecule has 0 amide bonds. The molecule has 1 N–H and O–H groups in total. The highest BCUT2D eigenvalue weighted by Crippen LogP contribution is 2.22. The fraction of sp³-hybridized carbons (Fsp3) is 0.364. The number of H-pyrrole nitrogens is 1. The van der Waals surface area contributed by atoms with Crippen LogP contribution in [-0.4, -0.2) is 4.98 Å². The summed E-state index contributed by atoms with van der Waals surface area (Å²) in [6.45, 7) is 6.93. The summed E-state index contributed by atoms with van der Waals surface area (Å²) in [5, 5.41) is 1.37. The number of rotatable bonds is 6. The van der Waals surface area contributed by atoms with E-state index in [0.29, 0.717) is 11.8 Å². The Kier molecular flexibility index (Phi) is 4.85. The van der Waals surface area contributed by atoms with Crippen molar-refractivity contribution in [3.63, 3.8) is 0 Å². The highest BCUT2D eigenvalue weighted by Gasteiger charge is 2.10. The molecule has 0 bridgehead atoms. The summed E-state index contributed by atoms with van der Waals surface area (Å²) in [4.78, 5) is 3.39. The van der Waals surface area contributed by atoms with E-state index in [1.807, 2.05) is 0 Å². The molecule has 1 atom stereocenters. The van der Waals surface area contributed by atoms with Crippen molar-refractivity contribution >= 4 is 10.9 Å². The largest absolute Gasteiger partial charge is 0.361 e. The molecule has 1 heterocycles. The Bertz CT molecular complexity index is 766. The summed E-state index contributed by atoms with van der Waals surface area (Å²) in [6, 6.07) is 17.7. The molecule has 1 heteroatoms. The number of hydrogen-bond acceptors (Lipinski definition) is 0. The maximum atomic E-state index is 3.39. The highest BCUT2D eigenvalue weighted by atomic mass is 14.7. The molecule has 0 aliphatic carbocycles. The molecule has 1 unspecified atom stereocenters. The molecule has 0 fully saturated rings. The van der Waals surface area contributed by atoms with Gasteiger partial charge < -0.3 is 4.98 Å². The van der Waals surface area contributed by atoms with E-state index >= 15 is 0 Å². The van der Waals surface area contributed by atoms with Crippen molar-refractivity contribution in [2.75, 3.05) is 0 Å². The molecule has 3 rings (SSSR count). The molecule has 0 radical (unpaired) electrons. The zero-order valence-electron chi connectivity index (χ0n) is 14.5. The van der Waals surface area contributed by atoms with Gasteiger partial charge in [0.25, 0.3) is 0 Å². The lowest BCUT2D eigenvalue weighted by Gasteiger charge is -2.13. The Labute approximate surface area is 139 Å². The van der Waals surface area contributed by atoms with Crippen molar-refractivity contribution in [2.24, 2.45) is 11.8 Å². The predicted molar refractivity (Wildman–Crippen MR) is 99.9 cm³/mol. The molecule has 0 saturated heterocycles. The normalized spacial score (nSPS) is 12.9. The maximum Gasteiger partial charge on any atom is 0.0456 e. The molecule has 1 nitrogen and oxygen atoms in total. The third-order valence-electron chi connectivity index (χ3n) is 4.46. The maximum absolute atomic E-state index is 3.39. The predicted octanol–water partition coefficient (Wildman–Crippen LogP) is 5.79. The van der Waals surface area contributed by atoms with Crippen LogP contribution in [0.2, 0.25) is 0 Å². The molecule has 0 saturated carbocycles. The fourth-order valence-corrected chi connectivity index (χ4v) is 3.51. The van der Waals surface area contributed by atoms with Crippen molar-refractivity contribution in [2.45, 2.75) is 40.0 Å². The standard InChI is InChI=1S/C22H27N/c1-16(2)11-18-7-6-8-19(14-18)12-17(3)13-20-15-23-22-10-5-4-9-21(20)22/h4-10,14-17,23H,11-13H2,1-3H3. The average molecular weight is 305 g/mol. The second-order valence-electron chi connectivity index (χ2n) is 7.29. The van der Waals surface area contributed by atoms with E-state index in [2.05, 4.69) is 80.5 Å². The summed E-state index contributed by atoms with van der Waals surface area (Å²) in [5.74, 6) is 1.36. The van der Waals surface area contributed by atoms with Crippen molar-refractivity contribution in [1.82, 2.24) is 4.98 Å². The molecule has 1 aromatic heterocycles. The lowest BCUT2D eigenvalue weighted by Crippen LogP contribution is -2.04. The van der Waals surface area contributed by atoms with E-state index in [0.717, 1.165) is 12.8 Å². The number of aromatic amines is 1. The molecule has 0 spiro atoms.